The van der Waals surface area contributed by atoms with Crippen LogP contribution in [0.15, 0.2) is 53.4 Å². The lowest BCUT2D eigenvalue weighted by Gasteiger charge is -2.01. The molecular weight excluding hydrogens is 330 g/mol. The Balaban J connectivity index is 0.000000243. The van der Waals surface area contributed by atoms with E-state index < -0.39 is 10.1 Å². The van der Waals surface area contributed by atoms with Crippen molar-refractivity contribution in [2.45, 2.75) is 18.2 Å². The van der Waals surface area contributed by atoms with E-state index in [1.54, 1.807) is 24.3 Å². The van der Waals surface area contributed by atoms with Crippen LogP contribution >= 0.6 is 0 Å². The summed E-state index contributed by atoms with van der Waals surface area (Å²) < 4.78 is 34.2. The first-order valence-electron chi connectivity index (χ1n) is 7.19. The minimum atomic E-state index is -4.02. The highest BCUT2D eigenvalue weighted by atomic mass is 32.2. The van der Waals surface area contributed by atoms with Crippen molar-refractivity contribution in [1.29, 1.82) is 0 Å². The molecular formula is C17H21NO5S. The summed E-state index contributed by atoms with van der Waals surface area (Å²) in [4.78, 5) is 11.0. The molecule has 3 N–H and O–H groups in total. The molecule has 0 aliphatic carbocycles. The van der Waals surface area contributed by atoms with Crippen LogP contribution in [0.25, 0.3) is 0 Å². The molecule has 0 aliphatic rings. The van der Waals surface area contributed by atoms with Gasteiger partial charge in [0.05, 0.1) is 17.6 Å². The Morgan fingerprint density at radius 3 is 2.29 bits per heavy atom. The summed E-state index contributed by atoms with van der Waals surface area (Å²) in [5.41, 5.74) is 8.00. The normalized spacial score (nSPS) is 10.5. The van der Waals surface area contributed by atoms with Crippen molar-refractivity contribution in [1.82, 2.24) is 0 Å². The van der Waals surface area contributed by atoms with Crippen molar-refractivity contribution in [3.63, 3.8) is 0 Å². The molecule has 2 rings (SSSR count). The van der Waals surface area contributed by atoms with Crippen molar-refractivity contribution in [2.75, 3.05) is 13.7 Å². The number of aryl methyl sites for hydroxylation is 1. The van der Waals surface area contributed by atoms with Crippen LogP contribution in [-0.2, 0) is 21.3 Å². The third-order valence-corrected chi connectivity index (χ3v) is 3.97. The second-order valence-electron chi connectivity index (χ2n) is 5.02. The lowest BCUT2D eigenvalue weighted by atomic mass is 10.1. The summed E-state index contributed by atoms with van der Waals surface area (Å²) in [6.07, 6.45) is 0.783. The predicted molar refractivity (Wildman–Crippen MR) is 91.5 cm³/mol. The van der Waals surface area contributed by atoms with E-state index in [-0.39, 0.29) is 10.9 Å². The second-order valence-corrected chi connectivity index (χ2v) is 6.44. The van der Waals surface area contributed by atoms with Crippen LogP contribution in [0.1, 0.15) is 21.5 Å². The van der Waals surface area contributed by atoms with Crippen molar-refractivity contribution in [3.05, 3.63) is 65.2 Å². The summed E-state index contributed by atoms with van der Waals surface area (Å²) in [5, 5.41) is 0. The molecule has 130 valence electrons. The number of carbonyl (C=O) groups is 1. The van der Waals surface area contributed by atoms with Crippen LogP contribution in [0.2, 0.25) is 0 Å². The zero-order chi connectivity index (χ0) is 18.2. The van der Waals surface area contributed by atoms with Crippen LogP contribution in [0.4, 0.5) is 0 Å². The molecule has 0 fully saturated rings. The molecule has 0 spiro atoms. The standard InChI is InChI=1S/C10H13NO2.C7H8O3S/c1-13-10(12)9-4-2-3-8(7-9)5-6-11;1-6-2-4-7(5-3-6)11(8,9)10/h2-4,7H,5-6,11H2,1H3;2-5H,1H3,(H,8,9,10). The third kappa shape index (κ3) is 6.49. The summed E-state index contributed by atoms with van der Waals surface area (Å²) in [7, 11) is -2.65. The van der Waals surface area contributed by atoms with E-state index in [2.05, 4.69) is 4.74 Å². The monoisotopic (exact) mass is 351 g/mol. The number of ether oxygens (including phenoxy) is 1. The SMILES string of the molecule is COC(=O)c1cccc(CCN)c1.Cc1ccc(S(=O)(=O)O)cc1. The van der Waals surface area contributed by atoms with Crippen molar-refractivity contribution >= 4 is 16.1 Å². The van der Waals surface area contributed by atoms with Crippen LogP contribution in [0.3, 0.4) is 0 Å². The van der Waals surface area contributed by atoms with Crippen molar-refractivity contribution in [3.8, 4) is 0 Å². The van der Waals surface area contributed by atoms with Gasteiger partial charge in [-0.05, 0) is 49.7 Å². The highest BCUT2D eigenvalue weighted by Crippen LogP contribution is 2.08. The van der Waals surface area contributed by atoms with E-state index in [9.17, 15) is 13.2 Å². The Morgan fingerprint density at radius 2 is 1.79 bits per heavy atom. The lowest BCUT2D eigenvalue weighted by Crippen LogP contribution is -2.05. The first-order valence-corrected chi connectivity index (χ1v) is 8.63. The minimum Gasteiger partial charge on any atom is -0.465 e. The molecule has 0 saturated heterocycles. The maximum atomic E-state index is 11.1. The maximum absolute atomic E-state index is 11.1. The van der Waals surface area contributed by atoms with Crippen molar-refractivity contribution in [2.24, 2.45) is 5.73 Å². The molecule has 0 unspecified atom stereocenters. The molecule has 7 heteroatoms. The average molecular weight is 351 g/mol. The van der Waals surface area contributed by atoms with Gasteiger partial charge in [0.25, 0.3) is 10.1 Å². The summed E-state index contributed by atoms with van der Waals surface area (Å²) >= 11 is 0. The molecule has 0 aromatic heterocycles. The molecule has 0 radical (unpaired) electrons. The topological polar surface area (TPSA) is 107 Å². The Hall–Kier alpha value is -2.22. The molecule has 0 bridgehead atoms. The largest absolute Gasteiger partial charge is 0.465 e. The van der Waals surface area contributed by atoms with Gasteiger partial charge in [0.1, 0.15) is 0 Å². The van der Waals surface area contributed by atoms with E-state index in [1.165, 1.54) is 19.2 Å². The zero-order valence-corrected chi connectivity index (χ0v) is 14.4. The molecule has 0 heterocycles. The second kappa shape index (κ2) is 9.17. The van der Waals surface area contributed by atoms with E-state index >= 15 is 0 Å². The average Bonchev–Trinajstić information content (AvgIpc) is 2.55. The minimum absolute atomic E-state index is 0.0666. The molecule has 24 heavy (non-hydrogen) atoms. The van der Waals surface area contributed by atoms with Gasteiger partial charge in [-0.3, -0.25) is 4.55 Å². The highest BCUT2D eigenvalue weighted by Gasteiger charge is 2.07. The summed E-state index contributed by atoms with van der Waals surface area (Å²) in [5.74, 6) is -0.307. The van der Waals surface area contributed by atoms with E-state index in [4.69, 9.17) is 10.3 Å². The molecule has 0 amide bonds. The van der Waals surface area contributed by atoms with Crippen LogP contribution in [0.5, 0.6) is 0 Å². The third-order valence-electron chi connectivity index (χ3n) is 3.10. The van der Waals surface area contributed by atoms with Gasteiger partial charge in [-0.2, -0.15) is 8.42 Å². The quantitative estimate of drug-likeness (QED) is 0.646. The Kier molecular flexibility index (Phi) is 7.57. The Morgan fingerprint density at radius 1 is 1.17 bits per heavy atom. The van der Waals surface area contributed by atoms with Crippen molar-refractivity contribution < 1.29 is 22.5 Å². The number of methoxy groups -OCH3 is 1. The molecule has 0 aliphatic heterocycles. The fourth-order valence-electron chi connectivity index (χ4n) is 1.85. The number of hydrogen-bond acceptors (Lipinski definition) is 5. The smallest absolute Gasteiger partial charge is 0.337 e. The predicted octanol–water partition coefficient (Wildman–Crippen LogP) is 2.22. The molecule has 2 aromatic rings. The Bertz CT molecular complexity index is 770. The van der Waals surface area contributed by atoms with E-state index in [1.807, 2.05) is 19.1 Å². The number of carbonyl (C=O) groups excluding carboxylic acids is 1. The number of nitrogens with two attached hydrogens (primary N) is 1. The van der Waals surface area contributed by atoms with Gasteiger partial charge < -0.3 is 10.5 Å². The molecule has 6 nitrogen and oxygen atoms in total. The molecule has 2 aromatic carbocycles. The van der Waals surface area contributed by atoms with Gasteiger partial charge in [-0.1, -0.05) is 29.8 Å². The summed E-state index contributed by atoms with van der Waals surface area (Å²) in [6.45, 7) is 2.43. The van der Waals surface area contributed by atoms with E-state index in [0.717, 1.165) is 17.5 Å². The van der Waals surface area contributed by atoms with Crippen LogP contribution in [0, 0.1) is 6.92 Å². The van der Waals surface area contributed by atoms with Gasteiger partial charge >= 0.3 is 5.97 Å². The van der Waals surface area contributed by atoms with Crippen LogP contribution in [-0.4, -0.2) is 32.6 Å². The Labute approximate surface area is 142 Å². The maximum Gasteiger partial charge on any atom is 0.337 e. The molecule has 0 atom stereocenters. The van der Waals surface area contributed by atoms with Gasteiger partial charge in [-0.15, -0.1) is 0 Å². The lowest BCUT2D eigenvalue weighted by molar-refractivity contribution is 0.0600. The zero-order valence-electron chi connectivity index (χ0n) is 13.6. The van der Waals surface area contributed by atoms with Gasteiger partial charge in [0.2, 0.25) is 0 Å². The molecule has 0 saturated carbocycles. The summed E-state index contributed by atoms with van der Waals surface area (Å²) in [6, 6.07) is 13.3. The number of rotatable bonds is 4. The number of esters is 1. The highest BCUT2D eigenvalue weighted by molar-refractivity contribution is 7.85. The van der Waals surface area contributed by atoms with Gasteiger partial charge in [0.15, 0.2) is 0 Å². The number of hydrogen-bond donors (Lipinski definition) is 2. The van der Waals surface area contributed by atoms with Gasteiger partial charge in [0, 0.05) is 0 Å². The first-order chi connectivity index (χ1) is 11.3. The number of benzene rings is 2. The fraction of sp³-hybridized carbons (Fsp3) is 0.235. The van der Waals surface area contributed by atoms with Crippen LogP contribution < -0.4 is 5.73 Å². The first kappa shape index (κ1) is 19.8. The fourth-order valence-corrected chi connectivity index (χ4v) is 2.33. The van der Waals surface area contributed by atoms with Gasteiger partial charge in [-0.25, -0.2) is 4.79 Å². The van der Waals surface area contributed by atoms with E-state index in [0.29, 0.717) is 12.1 Å².